The van der Waals surface area contributed by atoms with E-state index in [-0.39, 0.29) is 6.04 Å². The minimum absolute atomic E-state index is 0.221. The van der Waals surface area contributed by atoms with Crippen LogP contribution in [0, 0.1) is 13.8 Å². The number of nitrogens with two attached hydrogens (primary N) is 1. The second-order valence-electron chi connectivity index (χ2n) is 3.73. The summed E-state index contributed by atoms with van der Waals surface area (Å²) in [5, 5.41) is 9.91. The number of nitrogens with zero attached hydrogens (tertiary/aromatic N) is 1. The molecule has 0 spiro atoms. The first-order valence-corrected chi connectivity index (χ1v) is 5.03. The number of aromatic nitrogens is 2. The fourth-order valence-corrected chi connectivity index (χ4v) is 1.61. The lowest BCUT2D eigenvalue weighted by atomic mass is 10.0. The third-order valence-corrected chi connectivity index (χ3v) is 2.35. The van der Waals surface area contributed by atoms with Crippen molar-refractivity contribution in [1.29, 1.82) is 0 Å². The standard InChI is InChI=1S/C10H19N3O/c1-4-5-8(11)10(14)9-6(2)12-7(3)13-9/h8,10,14H,4-5,11H2,1-3H3,(H,12,13). The van der Waals surface area contributed by atoms with E-state index in [1.165, 1.54) is 0 Å². The van der Waals surface area contributed by atoms with Crippen molar-refractivity contribution < 1.29 is 5.11 Å². The Hall–Kier alpha value is -0.870. The third-order valence-electron chi connectivity index (χ3n) is 2.35. The molecule has 80 valence electrons. The summed E-state index contributed by atoms with van der Waals surface area (Å²) in [7, 11) is 0. The van der Waals surface area contributed by atoms with Gasteiger partial charge in [-0.25, -0.2) is 4.98 Å². The summed E-state index contributed by atoms with van der Waals surface area (Å²) >= 11 is 0. The van der Waals surface area contributed by atoms with Gasteiger partial charge in [0.05, 0.1) is 5.69 Å². The molecule has 2 unspecified atom stereocenters. The molecule has 0 bridgehead atoms. The summed E-state index contributed by atoms with van der Waals surface area (Å²) in [4.78, 5) is 7.29. The first-order valence-electron chi connectivity index (χ1n) is 5.03. The number of aliphatic hydroxyl groups excluding tert-OH is 1. The molecule has 1 aromatic heterocycles. The van der Waals surface area contributed by atoms with Gasteiger partial charge in [-0.3, -0.25) is 0 Å². The van der Waals surface area contributed by atoms with Crippen molar-refractivity contribution >= 4 is 0 Å². The zero-order valence-electron chi connectivity index (χ0n) is 9.04. The van der Waals surface area contributed by atoms with Crippen LogP contribution < -0.4 is 5.73 Å². The molecule has 2 atom stereocenters. The van der Waals surface area contributed by atoms with Crippen LogP contribution in [0.4, 0.5) is 0 Å². The average Bonchev–Trinajstić information content (AvgIpc) is 2.44. The van der Waals surface area contributed by atoms with Crippen LogP contribution in [0.3, 0.4) is 0 Å². The normalized spacial score (nSPS) is 15.5. The lowest BCUT2D eigenvalue weighted by Crippen LogP contribution is -2.28. The number of imidazole rings is 1. The third kappa shape index (κ3) is 2.33. The Labute approximate surface area is 84.5 Å². The van der Waals surface area contributed by atoms with E-state index in [0.717, 1.165) is 24.4 Å². The van der Waals surface area contributed by atoms with E-state index in [1.807, 2.05) is 13.8 Å². The summed E-state index contributed by atoms with van der Waals surface area (Å²) in [6.45, 7) is 5.82. The van der Waals surface area contributed by atoms with Crippen LogP contribution in [-0.2, 0) is 0 Å². The predicted molar refractivity (Wildman–Crippen MR) is 55.9 cm³/mol. The second-order valence-corrected chi connectivity index (χ2v) is 3.73. The van der Waals surface area contributed by atoms with E-state index in [9.17, 15) is 5.11 Å². The summed E-state index contributed by atoms with van der Waals surface area (Å²) in [6, 6.07) is -0.221. The molecule has 1 aromatic rings. The van der Waals surface area contributed by atoms with E-state index in [0.29, 0.717) is 5.69 Å². The fraction of sp³-hybridized carbons (Fsp3) is 0.700. The Morgan fingerprint density at radius 1 is 1.50 bits per heavy atom. The summed E-state index contributed by atoms with van der Waals surface area (Å²) < 4.78 is 0. The second kappa shape index (κ2) is 4.57. The van der Waals surface area contributed by atoms with Gasteiger partial charge in [0, 0.05) is 11.7 Å². The topological polar surface area (TPSA) is 74.9 Å². The van der Waals surface area contributed by atoms with Gasteiger partial charge in [0.25, 0.3) is 0 Å². The van der Waals surface area contributed by atoms with Crippen LogP contribution in [0.5, 0.6) is 0 Å². The number of H-pyrrole nitrogens is 1. The molecule has 0 fully saturated rings. The zero-order chi connectivity index (χ0) is 10.7. The predicted octanol–water partition coefficient (Wildman–Crippen LogP) is 1.19. The smallest absolute Gasteiger partial charge is 0.113 e. The minimum atomic E-state index is -0.653. The zero-order valence-corrected chi connectivity index (χ0v) is 9.04. The number of aromatic amines is 1. The first kappa shape index (κ1) is 11.2. The quantitative estimate of drug-likeness (QED) is 0.678. The maximum Gasteiger partial charge on any atom is 0.113 e. The van der Waals surface area contributed by atoms with E-state index in [1.54, 1.807) is 0 Å². The van der Waals surface area contributed by atoms with Crippen LogP contribution in [0.1, 0.15) is 43.1 Å². The Morgan fingerprint density at radius 3 is 2.57 bits per heavy atom. The molecular weight excluding hydrogens is 178 g/mol. The molecule has 0 saturated heterocycles. The molecule has 4 heteroatoms. The van der Waals surface area contributed by atoms with Crippen molar-refractivity contribution in [3.63, 3.8) is 0 Å². The minimum Gasteiger partial charge on any atom is -0.385 e. The molecule has 0 aliphatic carbocycles. The highest BCUT2D eigenvalue weighted by Gasteiger charge is 2.20. The number of hydrogen-bond acceptors (Lipinski definition) is 3. The van der Waals surface area contributed by atoms with Crippen LogP contribution in [-0.4, -0.2) is 21.1 Å². The molecule has 0 aromatic carbocycles. The highest BCUT2D eigenvalue weighted by atomic mass is 16.3. The van der Waals surface area contributed by atoms with Crippen molar-refractivity contribution in [2.24, 2.45) is 5.73 Å². The van der Waals surface area contributed by atoms with Gasteiger partial charge in [-0.15, -0.1) is 0 Å². The molecule has 0 radical (unpaired) electrons. The maximum absolute atomic E-state index is 9.91. The van der Waals surface area contributed by atoms with Crippen LogP contribution in [0.2, 0.25) is 0 Å². The molecule has 0 saturated carbocycles. The first-order chi connectivity index (χ1) is 6.56. The van der Waals surface area contributed by atoms with Crippen LogP contribution >= 0.6 is 0 Å². The molecule has 0 aliphatic rings. The number of hydrogen-bond donors (Lipinski definition) is 3. The van der Waals surface area contributed by atoms with E-state index in [4.69, 9.17) is 5.73 Å². The van der Waals surface area contributed by atoms with E-state index in [2.05, 4.69) is 16.9 Å². The van der Waals surface area contributed by atoms with Crippen LogP contribution in [0.25, 0.3) is 0 Å². The highest BCUT2D eigenvalue weighted by molar-refractivity contribution is 5.16. The van der Waals surface area contributed by atoms with E-state index < -0.39 is 6.10 Å². The Morgan fingerprint density at radius 2 is 2.14 bits per heavy atom. The molecule has 4 nitrogen and oxygen atoms in total. The lowest BCUT2D eigenvalue weighted by Gasteiger charge is -2.16. The average molecular weight is 197 g/mol. The highest BCUT2D eigenvalue weighted by Crippen LogP contribution is 2.19. The van der Waals surface area contributed by atoms with Gasteiger partial charge in [-0.05, 0) is 20.3 Å². The Balaban J connectivity index is 2.77. The van der Waals surface area contributed by atoms with Gasteiger partial charge in [-0.1, -0.05) is 13.3 Å². The number of nitrogens with one attached hydrogen (secondary N) is 1. The van der Waals surface area contributed by atoms with Crippen molar-refractivity contribution in [1.82, 2.24) is 9.97 Å². The SMILES string of the molecule is CCCC(N)C(O)c1nc(C)[nH]c1C. The number of aryl methyl sites for hydroxylation is 2. The largest absolute Gasteiger partial charge is 0.385 e. The molecule has 14 heavy (non-hydrogen) atoms. The molecular formula is C10H19N3O. The van der Waals surface area contributed by atoms with E-state index >= 15 is 0 Å². The molecule has 1 rings (SSSR count). The van der Waals surface area contributed by atoms with Crippen molar-refractivity contribution in [3.05, 3.63) is 17.2 Å². The fourth-order valence-electron chi connectivity index (χ4n) is 1.61. The van der Waals surface area contributed by atoms with Gasteiger partial charge in [0.1, 0.15) is 11.9 Å². The molecule has 0 amide bonds. The maximum atomic E-state index is 9.91. The summed E-state index contributed by atoms with van der Waals surface area (Å²) in [5.74, 6) is 0.820. The Kier molecular flexibility index (Phi) is 3.66. The summed E-state index contributed by atoms with van der Waals surface area (Å²) in [6.07, 6.45) is 1.13. The van der Waals surface area contributed by atoms with Gasteiger partial charge in [0.15, 0.2) is 0 Å². The summed E-state index contributed by atoms with van der Waals surface area (Å²) in [5.41, 5.74) is 7.42. The van der Waals surface area contributed by atoms with Crippen molar-refractivity contribution in [3.8, 4) is 0 Å². The number of rotatable bonds is 4. The van der Waals surface area contributed by atoms with Gasteiger partial charge in [-0.2, -0.15) is 0 Å². The van der Waals surface area contributed by atoms with Gasteiger partial charge >= 0.3 is 0 Å². The van der Waals surface area contributed by atoms with Crippen LogP contribution in [0.15, 0.2) is 0 Å². The van der Waals surface area contributed by atoms with Crippen molar-refractivity contribution in [2.75, 3.05) is 0 Å². The van der Waals surface area contributed by atoms with Gasteiger partial charge < -0.3 is 15.8 Å². The monoisotopic (exact) mass is 197 g/mol. The molecule has 1 heterocycles. The Bertz CT molecular complexity index is 296. The lowest BCUT2D eigenvalue weighted by molar-refractivity contribution is 0.137. The van der Waals surface area contributed by atoms with Gasteiger partial charge in [0.2, 0.25) is 0 Å². The molecule has 0 aliphatic heterocycles. The molecule has 4 N–H and O–H groups in total. The van der Waals surface area contributed by atoms with Crippen molar-refractivity contribution in [2.45, 2.75) is 45.8 Å². The number of aliphatic hydroxyl groups is 1.